The fourth-order valence-corrected chi connectivity index (χ4v) is 12.1. The molecule has 0 aliphatic rings. The van der Waals surface area contributed by atoms with Crippen molar-refractivity contribution in [3.63, 3.8) is 0 Å². The van der Waals surface area contributed by atoms with Crippen LogP contribution in [0.4, 0.5) is 0 Å². The van der Waals surface area contributed by atoms with Gasteiger partial charge in [-0.3, -0.25) is 37.3 Å². The number of carbonyl (C=O) groups excluding carboxylic acids is 4. The van der Waals surface area contributed by atoms with Crippen molar-refractivity contribution >= 4 is 39.5 Å². The fraction of sp³-hybridized carbons (Fsp3) is 0.640. The van der Waals surface area contributed by atoms with Gasteiger partial charge in [-0.15, -0.1) is 0 Å². The van der Waals surface area contributed by atoms with E-state index in [4.69, 9.17) is 37.0 Å². The monoisotopic (exact) mass is 1550 g/mol. The number of hydrogen-bond donors (Lipinski definition) is 3. The Kier molecular flexibility index (Phi) is 75.4. The molecule has 0 rings (SSSR count). The Balaban J connectivity index is 5.53. The van der Waals surface area contributed by atoms with Crippen LogP contribution in [0.1, 0.15) is 310 Å². The molecule has 614 valence electrons. The van der Waals surface area contributed by atoms with Crippen LogP contribution in [-0.2, 0) is 65.4 Å². The molecule has 0 aromatic rings. The smallest absolute Gasteiger partial charge is 0.462 e. The Hall–Kier alpha value is -5.58. The predicted octanol–water partition coefficient (Wildman–Crippen LogP) is 24.6. The molecule has 2 unspecified atom stereocenters. The molecular formula is C89H146O17P2. The average molecular weight is 1550 g/mol. The number of esters is 4. The van der Waals surface area contributed by atoms with Gasteiger partial charge < -0.3 is 33.8 Å². The molecule has 0 bridgehead atoms. The van der Waals surface area contributed by atoms with Crippen molar-refractivity contribution in [3.05, 3.63) is 170 Å². The van der Waals surface area contributed by atoms with E-state index in [1.165, 1.54) is 83.5 Å². The molecule has 0 heterocycles. The fourth-order valence-electron chi connectivity index (χ4n) is 10.5. The van der Waals surface area contributed by atoms with Crippen LogP contribution in [0.3, 0.4) is 0 Å². The number of ether oxygens (including phenoxy) is 4. The lowest BCUT2D eigenvalue weighted by molar-refractivity contribution is -0.161. The maximum atomic E-state index is 13.1. The van der Waals surface area contributed by atoms with Crippen molar-refractivity contribution in [2.75, 3.05) is 39.6 Å². The number of aliphatic hydroxyl groups excluding tert-OH is 1. The van der Waals surface area contributed by atoms with E-state index in [0.29, 0.717) is 38.5 Å². The largest absolute Gasteiger partial charge is 0.472 e. The molecule has 0 fully saturated rings. The zero-order valence-corrected chi connectivity index (χ0v) is 69.0. The maximum absolute atomic E-state index is 13.1. The van der Waals surface area contributed by atoms with Crippen molar-refractivity contribution in [1.82, 2.24) is 0 Å². The lowest BCUT2D eigenvalue weighted by atomic mass is 10.0. The third kappa shape index (κ3) is 78.5. The number of carbonyl (C=O) groups is 4. The molecule has 5 atom stereocenters. The second kappa shape index (κ2) is 79.5. The summed E-state index contributed by atoms with van der Waals surface area (Å²) in [6, 6.07) is 0. The first-order chi connectivity index (χ1) is 52.7. The number of unbranched alkanes of at least 4 members (excludes halogenated alkanes) is 22. The third-order valence-electron chi connectivity index (χ3n) is 16.7. The van der Waals surface area contributed by atoms with Gasteiger partial charge >= 0.3 is 39.5 Å². The van der Waals surface area contributed by atoms with E-state index in [2.05, 4.69) is 161 Å². The van der Waals surface area contributed by atoms with Crippen LogP contribution in [0.15, 0.2) is 170 Å². The average Bonchev–Trinajstić information content (AvgIpc) is 0.896. The summed E-state index contributed by atoms with van der Waals surface area (Å²) in [6.45, 7) is 4.45. The van der Waals surface area contributed by atoms with Gasteiger partial charge in [0.15, 0.2) is 12.2 Å². The Bertz CT molecular complexity index is 2710. The summed E-state index contributed by atoms with van der Waals surface area (Å²) >= 11 is 0. The summed E-state index contributed by atoms with van der Waals surface area (Å²) in [7, 11) is -10.0. The minimum absolute atomic E-state index is 0.0141. The molecule has 17 nitrogen and oxygen atoms in total. The molecule has 0 aliphatic heterocycles. The Labute approximate surface area is 654 Å². The minimum atomic E-state index is -5.02. The highest BCUT2D eigenvalue weighted by atomic mass is 31.2. The van der Waals surface area contributed by atoms with Crippen LogP contribution in [0.25, 0.3) is 0 Å². The van der Waals surface area contributed by atoms with E-state index in [9.17, 15) is 43.2 Å². The summed E-state index contributed by atoms with van der Waals surface area (Å²) in [5, 5.41) is 10.7. The maximum Gasteiger partial charge on any atom is 0.472 e. The first-order valence-corrected chi connectivity index (χ1v) is 44.4. The van der Waals surface area contributed by atoms with Crippen molar-refractivity contribution in [2.45, 2.75) is 329 Å². The van der Waals surface area contributed by atoms with E-state index < -0.39 is 97.5 Å². The number of hydrogen-bond acceptors (Lipinski definition) is 15. The number of allylic oxidation sites excluding steroid dienone is 28. The highest BCUT2D eigenvalue weighted by Crippen LogP contribution is 2.45. The molecule has 0 saturated carbocycles. The minimum Gasteiger partial charge on any atom is -0.462 e. The number of phosphoric acid groups is 2. The molecule has 108 heavy (non-hydrogen) atoms. The van der Waals surface area contributed by atoms with Crippen molar-refractivity contribution < 1.29 is 80.2 Å². The molecule has 3 N–H and O–H groups in total. The Morgan fingerprint density at radius 2 is 0.500 bits per heavy atom. The molecule has 0 amide bonds. The van der Waals surface area contributed by atoms with Gasteiger partial charge in [0.05, 0.1) is 26.4 Å². The standard InChI is InChI=1S/C89H146O17P2/c1-5-9-13-17-21-25-29-33-37-39-41-43-47-50-54-58-62-66-70-74-87(92)100-80-85(106-89(94)76-72-68-64-60-56-52-48-44-42-40-38-34-30-26-22-18-14-10-6-2)82-104-108(97,98)102-78-83(90)77-101-107(95,96)103-81-84(105-88(93)75-71-67-63-59-55-51-46-36-32-28-24-20-16-12-8-4)79-99-86(91)73-69-65-61-57-53-49-45-35-31-27-23-19-15-11-7-3/h9-10,13-14,21-23,25-27,33-35,37-38,41-45,50,52,54,56,62,64,66,68,83-85,90H,5-8,11-12,15-20,24,28-32,36,39-40,46-49,51,53,55,57-61,63,65,67,69-82H2,1-4H3,(H,95,96)(H,97,98)/b13-9-,14-10-,25-21-,26-22-,27-23-,37-33-,38-34-,43-41-,44-42-,45-35-,54-50-,56-52-,66-62-,68-64-/t83-,84+,85+/m0/s1. The summed E-state index contributed by atoms with van der Waals surface area (Å²) in [5.74, 6) is -2.39. The van der Waals surface area contributed by atoms with Gasteiger partial charge in [-0.1, -0.05) is 320 Å². The van der Waals surface area contributed by atoms with Gasteiger partial charge in [0.2, 0.25) is 0 Å². The van der Waals surface area contributed by atoms with E-state index in [1.54, 1.807) is 0 Å². The topological polar surface area (TPSA) is 237 Å². The van der Waals surface area contributed by atoms with Crippen LogP contribution in [0.2, 0.25) is 0 Å². The number of aliphatic hydroxyl groups is 1. The lowest BCUT2D eigenvalue weighted by Crippen LogP contribution is -2.30. The van der Waals surface area contributed by atoms with Crippen molar-refractivity contribution in [1.29, 1.82) is 0 Å². The molecule has 0 aliphatic carbocycles. The van der Waals surface area contributed by atoms with E-state index in [0.717, 1.165) is 135 Å². The van der Waals surface area contributed by atoms with E-state index >= 15 is 0 Å². The third-order valence-corrected chi connectivity index (χ3v) is 18.6. The molecular weight excluding hydrogens is 1400 g/mol. The highest BCUT2D eigenvalue weighted by Gasteiger charge is 2.30. The van der Waals surface area contributed by atoms with E-state index in [1.807, 2.05) is 36.5 Å². The summed E-state index contributed by atoms with van der Waals surface area (Å²) in [4.78, 5) is 73.1. The molecule has 0 aromatic heterocycles. The van der Waals surface area contributed by atoms with Gasteiger partial charge in [-0.25, -0.2) is 9.13 Å². The second-order valence-corrected chi connectivity index (χ2v) is 29.9. The summed E-state index contributed by atoms with van der Waals surface area (Å²) in [5.41, 5.74) is 0. The Morgan fingerprint density at radius 3 is 0.833 bits per heavy atom. The summed E-state index contributed by atoms with van der Waals surface area (Å²) in [6.07, 6.45) is 95.0. The highest BCUT2D eigenvalue weighted by molar-refractivity contribution is 7.47. The summed E-state index contributed by atoms with van der Waals surface area (Å²) < 4.78 is 68.5. The van der Waals surface area contributed by atoms with Crippen molar-refractivity contribution in [3.8, 4) is 0 Å². The van der Waals surface area contributed by atoms with Crippen LogP contribution < -0.4 is 0 Å². The molecule has 0 aromatic carbocycles. The van der Waals surface area contributed by atoms with Gasteiger partial charge in [-0.05, 0) is 135 Å². The van der Waals surface area contributed by atoms with Crippen LogP contribution in [0, 0.1) is 0 Å². The molecule has 0 radical (unpaired) electrons. The van der Waals surface area contributed by atoms with Gasteiger partial charge in [-0.2, -0.15) is 0 Å². The van der Waals surface area contributed by atoms with Crippen molar-refractivity contribution in [2.24, 2.45) is 0 Å². The first-order valence-electron chi connectivity index (χ1n) is 41.4. The predicted molar refractivity (Wildman–Crippen MR) is 445 cm³/mol. The van der Waals surface area contributed by atoms with Gasteiger partial charge in [0.25, 0.3) is 0 Å². The quantitative estimate of drug-likeness (QED) is 0.0169. The SMILES string of the molecule is CC/C=C\C/C=C\C/C=C\C/C=C\C/C=C\C/C=C\CCC(=O)OC[C@H](COP(=O)(O)OC[C@@H](O)COP(=O)(O)OC[C@@H](COC(=O)CCCCCCC/C=C\C/C=C\CCCCC)OC(=O)CCCCCCCCCCCCCCCCC)OC(=O)CC/C=C\C/C=C\C/C=C\C/C=C\C/C=C\C/C=C\CC. The van der Waals surface area contributed by atoms with Crippen LogP contribution in [-0.4, -0.2) is 96.7 Å². The van der Waals surface area contributed by atoms with Crippen LogP contribution >= 0.6 is 15.6 Å². The Morgan fingerprint density at radius 1 is 0.269 bits per heavy atom. The molecule has 0 spiro atoms. The first kappa shape index (κ1) is 102. The zero-order valence-electron chi connectivity index (χ0n) is 67.2. The lowest BCUT2D eigenvalue weighted by Gasteiger charge is -2.21. The molecule has 19 heteroatoms. The second-order valence-electron chi connectivity index (χ2n) is 27.0. The molecule has 0 saturated heterocycles. The number of phosphoric ester groups is 2. The zero-order chi connectivity index (χ0) is 78.9. The van der Waals surface area contributed by atoms with Crippen LogP contribution in [0.5, 0.6) is 0 Å². The normalized spacial score (nSPS) is 14.7. The number of rotatable bonds is 76. The van der Waals surface area contributed by atoms with E-state index in [-0.39, 0.29) is 25.7 Å². The van der Waals surface area contributed by atoms with Gasteiger partial charge in [0.1, 0.15) is 19.3 Å². The van der Waals surface area contributed by atoms with Gasteiger partial charge in [0, 0.05) is 25.7 Å².